The first-order valence-electron chi connectivity index (χ1n) is 4.74. The number of nitrogens with zero attached hydrogens (tertiary/aromatic N) is 2. The number of hydrogen-bond acceptors (Lipinski definition) is 3. The van der Waals surface area contributed by atoms with Crippen LogP contribution in [0.2, 0.25) is 0 Å². The van der Waals surface area contributed by atoms with Gasteiger partial charge in [-0.2, -0.15) is 0 Å². The summed E-state index contributed by atoms with van der Waals surface area (Å²) in [5, 5.41) is 11.5. The number of allylic oxidation sites excluding steroid dienone is 2. The minimum Gasteiger partial charge on any atom is -0.144 e. The van der Waals surface area contributed by atoms with Gasteiger partial charge in [0.25, 0.3) is 0 Å². The van der Waals surface area contributed by atoms with E-state index in [0.29, 0.717) is 5.41 Å². The van der Waals surface area contributed by atoms with Crippen molar-refractivity contribution in [3.63, 3.8) is 0 Å². The van der Waals surface area contributed by atoms with E-state index in [-0.39, 0.29) is 0 Å². The summed E-state index contributed by atoms with van der Waals surface area (Å²) in [5.41, 5.74) is 0.367. The Morgan fingerprint density at radius 2 is 2.14 bits per heavy atom. The number of aromatic nitrogens is 2. The smallest absolute Gasteiger partial charge is 0.118 e. The molecule has 2 rings (SSSR count). The van der Waals surface area contributed by atoms with Crippen molar-refractivity contribution in [1.29, 1.82) is 0 Å². The van der Waals surface area contributed by atoms with E-state index in [1.807, 2.05) is 6.92 Å². The van der Waals surface area contributed by atoms with E-state index < -0.39 is 0 Å². The molecule has 1 aromatic rings. The summed E-state index contributed by atoms with van der Waals surface area (Å²) >= 11 is 5.33. The molecule has 0 unspecified atom stereocenters. The number of alkyl halides is 1. The lowest BCUT2D eigenvalue weighted by Gasteiger charge is -2.24. The highest BCUT2D eigenvalue weighted by Gasteiger charge is 2.31. The highest BCUT2D eigenvalue weighted by molar-refractivity contribution is 9.09. The van der Waals surface area contributed by atoms with Gasteiger partial charge in [0, 0.05) is 11.8 Å². The van der Waals surface area contributed by atoms with E-state index in [1.165, 1.54) is 5.01 Å². The maximum atomic E-state index is 4.19. The quantitative estimate of drug-likeness (QED) is 0.624. The summed E-state index contributed by atoms with van der Waals surface area (Å²) in [6, 6.07) is 0. The molecule has 0 atom stereocenters. The third-order valence-corrected chi connectivity index (χ3v) is 4.67. The number of aryl methyl sites for hydroxylation is 1. The Morgan fingerprint density at radius 3 is 2.64 bits per heavy atom. The van der Waals surface area contributed by atoms with Gasteiger partial charge in [0.2, 0.25) is 0 Å². The molecule has 0 bridgehead atoms. The zero-order valence-electron chi connectivity index (χ0n) is 8.16. The Kier molecular flexibility index (Phi) is 3.02. The van der Waals surface area contributed by atoms with E-state index in [9.17, 15) is 0 Å². The minimum atomic E-state index is 0.367. The maximum Gasteiger partial charge on any atom is 0.118 e. The molecule has 1 aliphatic carbocycles. The fraction of sp³-hybridized carbons (Fsp3) is 0.600. The topological polar surface area (TPSA) is 25.8 Å². The van der Waals surface area contributed by atoms with Crippen LogP contribution in [0.25, 0.3) is 0 Å². The molecule has 4 heteroatoms. The summed E-state index contributed by atoms with van der Waals surface area (Å²) in [7, 11) is 0. The molecule has 0 aromatic carbocycles. The van der Waals surface area contributed by atoms with Crippen LogP contribution in [0.5, 0.6) is 0 Å². The van der Waals surface area contributed by atoms with Crippen molar-refractivity contribution < 1.29 is 0 Å². The molecule has 0 saturated carbocycles. The summed E-state index contributed by atoms with van der Waals surface area (Å²) in [5.74, 6) is 0. The van der Waals surface area contributed by atoms with E-state index in [1.54, 1.807) is 11.3 Å². The van der Waals surface area contributed by atoms with Gasteiger partial charge in [-0.3, -0.25) is 0 Å². The highest BCUT2D eigenvalue weighted by Crippen LogP contribution is 2.38. The predicted octanol–water partition coefficient (Wildman–Crippen LogP) is 3.12. The average Bonchev–Trinajstić information content (AvgIpc) is 2.77. The molecule has 1 aliphatic rings. The SMILES string of the molecule is Cc1nnc(CC2(CBr)CC=CC2)s1. The van der Waals surface area contributed by atoms with Crippen LogP contribution in [0.4, 0.5) is 0 Å². The molecule has 0 aliphatic heterocycles. The first-order valence-corrected chi connectivity index (χ1v) is 6.68. The van der Waals surface area contributed by atoms with Crippen molar-refractivity contribution in [3.8, 4) is 0 Å². The van der Waals surface area contributed by atoms with Crippen LogP contribution < -0.4 is 0 Å². The van der Waals surface area contributed by atoms with Gasteiger partial charge in [-0.05, 0) is 25.2 Å². The van der Waals surface area contributed by atoms with Crippen molar-refractivity contribution in [2.45, 2.75) is 26.2 Å². The first-order chi connectivity index (χ1) is 6.74. The monoisotopic (exact) mass is 272 g/mol. The van der Waals surface area contributed by atoms with E-state index >= 15 is 0 Å². The standard InChI is InChI=1S/C10H13BrN2S/c1-8-12-13-9(14-8)6-10(7-11)4-2-3-5-10/h2-3H,4-7H2,1H3. The Hall–Kier alpha value is -0.220. The van der Waals surface area contributed by atoms with Gasteiger partial charge >= 0.3 is 0 Å². The number of hydrogen-bond donors (Lipinski definition) is 0. The average molecular weight is 273 g/mol. The molecule has 0 fully saturated rings. The third-order valence-electron chi connectivity index (χ3n) is 2.65. The largest absolute Gasteiger partial charge is 0.144 e. The molecule has 0 saturated heterocycles. The Bertz CT molecular complexity index is 338. The van der Waals surface area contributed by atoms with Crippen LogP contribution >= 0.6 is 27.3 Å². The maximum absolute atomic E-state index is 4.19. The van der Waals surface area contributed by atoms with Crippen LogP contribution in [0.15, 0.2) is 12.2 Å². The van der Waals surface area contributed by atoms with Crippen LogP contribution in [0, 0.1) is 12.3 Å². The fourth-order valence-corrected chi connectivity index (χ4v) is 3.32. The molecule has 14 heavy (non-hydrogen) atoms. The minimum absolute atomic E-state index is 0.367. The molecule has 0 radical (unpaired) electrons. The van der Waals surface area contributed by atoms with Crippen molar-refractivity contribution in [1.82, 2.24) is 10.2 Å². The van der Waals surface area contributed by atoms with Crippen molar-refractivity contribution in [2.75, 3.05) is 5.33 Å². The molecular weight excluding hydrogens is 260 g/mol. The second-order valence-corrected chi connectivity index (χ2v) is 5.73. The van der Waals surface area contributed by atoms with E-state index in [0.717, 1.165) is 29.6 Å². The molecule has 1 heterocycles. The van der Waals surface area contributed by atoms with Gasteiger partial charge < -0.3 is 0 Å². The highest BCUT2D eigenvalue weighted by atomic mass is 79.9. The summed E-state index contributed by atoms with van der Waals surface area (Å²) in [4.78, 5) is 0. The summed E-state index contributed by atoms with van der Waals surface area (Å²) < 4.78 is 0. The fourth-order valence-electron chi connectivity index (χ4n) is 1.78. The van der Waals surface area contributed by atoms with Crippen LogP contribution in [-0.2, 0) is 6.42 Å². The van der Waals surface area contributed by atoms with E-state index in [2.05, 4.69) is 38.3 Å². The molecule has 2 nitrogen and oxygen atoms in total. The van der Waals surface area contributed by atoms with Crippen molar-refractivity contribution in [3.05, 3.63) is 22.2 Å². The zero-order chi connectivity index (χ0) is 10.0. The van der Waals surface area contributed by atoms with Crippen LogP contribution in [0.3, 0.4) is 0 Å². The third kappa shape index (κ3) is 2.06. The van der Waals surface area contributed by atoms with Crippen LogP contribution in [-0.4, -0.2) is 15.5 Å². The normalized spacial score (nSPS) is 19.0. The lowest BCUT2D eigenvalue weighted by Crippen LogP contribution is -2.21. The Morgan fingerprint density at radius 1 is 1.43 bits per heavy atom. The van der Waals surface area contributed by atoms with Gasteiger partial charge in [0.1, 0.15) is 10.0 Å². The zero-order valence-corrected chi connectivity index (χ0v) is 10.6. The second-order valence-electron chi connectivity index (χ2n) is 3.90. The first kappa shape index (κ1) is 10.3. The predicted molar refractivity (Wildman–Crippen MR) is 63.0 cm³/mol. The Balaban J connectivity index is 2.08. The number of halogens is 1. The van der Waals surface area contributed by atoms with E-state index in [4.69, 9.17) is 0 Å². The number of rotatable bonds is 3. The lowest BCUT2D eigenvalue weighted by atomic mass is 9.85. The molecular formula is C10H13BrN2S. The second kappa shape index (κ2) is 4.11. The van der Waals surface area contributed by atoms with Gasteiger partial charge in [-0.1, -0.05) is 28.1 Å². The van der Waals surface area contributed by atoms with Crippen LogP contribution in [0.1, 0.15) is 22.9 Å². The molecule has 0 amide bonds. The van der Waals surface area contributed by atoms with Gasteiger partial charge in [-0.25, -0.2) is 0 Å². The van der Waals surface area contributed by atoms with Gasteiger partial charge in [0.15, 0.2) is 0 Å². The molecule has 76 valence electrons. The van der Waals surface area contributed by atoms with Crippen molar-refractivity contribution in [2.24, 2.45) is 5.41 Å². The summed E-state index contributed by atoms with van der Waals surface area (Å²) in [6.07, 6.45) is 7.93. The molecule has 0 spiro atoms. The summed E-state index contributed by atoms with van der Waals surface area (Å²) in [6.45, 7) is 2.01. The van der Waals surface area contributed by atoms with Crippen molar-refractivity contribution >= 4 is 27.3 Å². The van der Waals surface area contributed by atoms with Gasteiger partial charge in [-0.15, -0.1) is 21.5 Å². The molecule has 0 N–H and O–H groups in total. The van der Waals surface area contributed by atoms with Gasteiger partial charge in [0.05, 0.1) is 0 Å². The lowest BCUT2D eigenvalue weighted by molar-refractivity contribution is 0.360. The molecule has 1 aromatic heterocycles. The Labute approximate surface area is 96.6 Å².